The van der Waals surface area contributed by atoms with Crippen molar-refractivity contribution in [1.82, 2.24) is 0 Å². The largest absolute Gasteiger partial charge is 0.507 e. The summed E-state index contributed by atoms with van der Waals surface area (Å²) in [5.41, 5.74) is 17.4. The molecule has 0 saturated carbocycles. The molecule has 2 heteroatoms. The van der Waals surface area contributed by atoms with Crippen molar-refractivity contribution in [3.8, 4) is 39.1 Å². The van der Waals surface area contributed by atoms with Crippen LogP contribution in [0, 0.1) is 0 Å². The van der Waals surface area contributed by atoms with Crippen LogP contribution in [0.2, 0.25) is 5.02 Å². The predicted molar refractivity (Wildman–Crippen MR) is 226 cm³/mol. The lowest BCUT2D eigenvalue weighted by molar-refractivity contribution is 0.468. The van der Waals surface area contributed by atoms with Gasteiger partial charge in [-0.25, -0.2) is 0 Å². The first kappa shape index (κ1) is 34.9. The molecule has 0 aliphatic heterocycles. The number of phenolic OH excluding ortho intramolecular Hbond substituents is 1. The van der Waals surface area contributed by atoms with Gasteiger partial charge in [-0.1, -0.05) is 161 Å². The van der Waals surface area contributed by atoms with Gasteiger partial charge in [0.2, 0.25) is 0 Å². The van der Waals surface area contributed by atoms with Crippen molar-refractivity contribution in [2.24, 2.45) is 0 Å². The molecule has 0 atom stereocenters. The molecule has 0 aromatic heterocycles. The number of allylic oxidation sites excluding steroid dienone is 3. The topological polar surface area (TPSA) is 20.2 Å². The number of benzene rings is 6. The summed E-state index contributed by atoms with van der Waals surface area (Å²) in [4.78, 5) is 0. The minimum atomic E-state index is -0.389. The molecule has 0 heterocycles. The number of phenols is 1. The smallest absolute Gasteiger partial charge is 0.127 e. The Morgan fingerprint density at radius 3 is 1.87 bits per heavy atom. The van der Waals surface area contributed by atoms with Gasteiger partial charge in [0, 0.05) is 28.0 Å². The van der Waals surface area contributed by atoms with Crippen molar-refractivity contribution in [1.29, 1.82) is 0 Å². The zero-order valence-corrected chi connectivity index (χ0v) is 32.2. The summed E-state index contributed by atoms with van der Waals surface area (Å²) in [5, 5.41) is 13.2. The van der Waals surface area contributed by atoms with Crippen LogP contribution < -0.4 is 0 Å². The molecule has 53 heavy (non-hydrogen) atoms. The Morgan fingerprint density at radius 1 is 0.660 bits per heavy atom. The van der Waals surface area contributed by atoms with Crippen molar-refractivity contribution in [2.45, 2.75) is 71.1 Å². The summed E-state index contributed by atoms with van der Waals surface area (Å²) in [6.07, 6.45) is 8.88. The van der Waals surface area contributed by atoms with Gasteiger partial charge in [0.25, 0.3) is 0 Å². The standard InChI is InChI=1S/C51H47ClO/c1-50(2,3)48-45(36-23-15-16-24-36)47-41-31-44(51(4,5)32-43(34-19-11-7-12-20-34)35-25-27-39(52)28-26-35)40(33-17-9-6-10-18-33)29-38(41)30-42(47)49(53)46(48)37-21-13-8-14-22-37/h6-14,17-23,25-29,31-32,53H,15-16,24,30H2,1-5H3. The van der Waals surface area contributed by atoms with Gasteiger partial charge >= 0.3 is 0 Å². The van der Waals surface area contributed by atoms with E-state index in [1.165, 1.54) is 61.2 Å². The van der Waals surface area contributed by atoms with E-state index in [-0.39, 0.29) is 10.8 Å². The first-order valence-corrected chi connectivity index (χ1v) is 19.3. The van der Waals surface area contributed by atoms with Gasteiger partial charge in [0.1, 0.15) is 5.75 Å². The summed E-state index contributed by atoms with van der Waals surface area (Å²) in [6.45, 7) is 11.6. The molecule has 0 amide bonds. The van der Waals surface area contributed by atoms with Gasteiger partial charge in [0.15, 0.2) is 0 Å². The highest BCUT2D eigenvalue weighted by Gasteiger charge is 2.37. The maximum atomic E-state index is 12.5. The summed E-state index contributed by atoms with van der Waals surface area (Å²) in [5.74, 6) is 0.422. The Hall–Kier alpha value is -5.11. The maximum absolute atomic E-state index is 12.5. The number of fused-ring (bicyclic) bond motifs is 3. The third-order valence-electron chi connectivity index (χ3n) is 11.2. The zero-order chi connectivity index (χ0) is 36.9. The molecule has 0 radical (unpaired) electrons. The summed E-state index contributed by atoms with van der Waals surface area (Å²) in [6, 6.07) is 45.1. The molecule has 0 unspecified atom stereocenters. The van der Waals surface area contributed by atoms with Gasteiger partial charge in [-0.05, 0) is 121 Å². The third-order valence-corrected chi connectivity index (χ3v) is 11.4. The van der Waals surface area contributed by atoms with Gasteiger partial charge < -0.3 is 5.11 Å². The Labute approximate surface area is 320 Å². The van der Waals surface area contributed by atoms with Crippen molar-refractivity contribution in [3.63, 3.8) is 0 Å². The molecular formula is C51H47ClO. The first-order valence-electron chi connectivity index (χ1n) is 19.0. The fourth-order valence-corrected chi connectivity index (χ4v) is 8.86. The van der Waals surface area contributed by atoms with Crippen LogP contribution in [0.15, 0.2) is 140 Å². The average Bonchev–Trinajstić information content (AvgIpc) is 3.83. The molecular weight excluding hydrogens is 664 g/mol. The number of rotatable bonds is 7. The van der Waals surface area contributed by atoms with E-state index in [9.17, 15) is 5.11 Å². The second-order valence-corrected chi connectivity index (χ2v) is 16.8. The van der Waals surface area contributed by atoms with Crippen LogP contribution in [-0.2, 0) is 17.3 Å². The van der Waals surface area contributed by atoms with Crippen LogP contribution in [0.5, 0.6) is 5.75 Å². The van der Waals surface area contributed by atoms with E-state index >= 15 is 0 Å². The zero-order valence-electron chi connectivity index (χ0n) is 31.4. The highest BCUT2D eigenvalue weighted by atomic mass is 35.5. The molecule has 2 aliphatic carbocycles. The molecule has 6 aromatic rings. The second kappa shape index (κ2) is 13.7. The summed E-state index contributed by atoms with van der Waals surface area (Å²) in [7, 11) is 0. The monoisotopic (exact) mass is 710 g/mol. The highest BCUT2D eigenvalue weighted by molar-refractivity contribution is 6.30. The van der Waals surface area contributed by atoms with Gasteiger partial charge in [0.05, 0.1) is 0 Å². The van der Waals surface area contributed by atoms with E-state index in [1.54, 1.807) is 0 Å². The van der Waals surface area contributed by atoms with Crippen LogP contribution in [-0.4, -0.2) is 5.11 Å². The third kappa shape index (κ3) is 6.47. The number of aromatic hydroxyl groups is 1. The molecule has 6 aromatic carbocycles. The Bertz CT molecular complexity index is 2370. The number of hydrogen-bond donors (Lipinski definition) is 1. The molecule has 8 rings (SSSR count). The first-order chi connectivity index (χ1) is 25.5. The van der Waals surface area contributed by atoms with Crippen LogP contribution in [0.25, 0.3) is 44.5 Å². The van der Waals surface area contributed by atoms with E-state index in [1.807, 2.05) is 12.1 Å². The van der Waals surface area contributed by atoms with Crippen LogP contribution >= 0.6 is 11.6 Å². The molecule has 1 nitrogen and oxygen atoms in total. The molecule has 0 saturated heterocycles. The lowest BCUT2D eigenvalue weighted by Crippen LogP contribution is -2.18. The van der Waals surface area contributed by atoms with E-state index in [2.05, 4.69) is 162 Å². The summed E-state index contributed by atoms with van der Waals surface area (Å²) >= 11 is 6.39. The van der Waals surface area contributed by atoms with Crippen LogP contribution in [0.3, 0.4) is 0 Å². The molecule has 0 spiro atoms. The minimum absolute atomic E-state index is 0.211. The van der Waals surface area contributed by atoms with Gasteiger partial charge in [-0.3, -0.25) is 0 Å². The van der Waals surface area contributed by atoms with E-state index < -0.39 is 0 Å². The second-order valence-electron chi connectivity index (χ2n) is 16.3. The Kier molecular flexibility index (Phi) is 9.04. The maximum Gasteiger partial charge on any atom is 0.127 e. The van der Waals surface area contributed by atoms with E-state index in [0.717, 1.165) is 46.5 Å². The number of halogens is 1. The van der Waals surface area contributed by atoms with Gasteiger partial charge in [-0.15, -0.1) is 0 Å². The quantitative estimate of drug-likeness (QED) is 0.175. The lowest BCUT2D eigenvalue weighted by Gasteiger charge is -2.31. The minimum Gasteiger partial charge on any atom is -0.507 e. The SMILES string of the molecule is CC(C)(C)c1c(C2=CCCC2)c2c(c(O)c1-c1ccccc1)Cc1cc(-c3ccccc3)c(C(C)(C)C=C(c3ccccc3)c3ccc(Cl)cc3)cc1-2. The highest BCUT2D eigenvalue weighted by Crippen LogP contribution is 2.56. The fraction of sp³-hybridized carbons (Fsp3) is 0.216. The van der Waals surface area contributed by atoms with Crippen LogP contribution in [0.1, 0.15) is 92.8 Å². The molecule has 2 aliphatic rings. The molecule has 0 fully saturated rings. The number of hydrogen-bond acceptors (Lipinski definition) is 1. The summed E-state index contributed by atoms with van der Waals surface area (Å²) < 4.78 is 0. The van der Waals surface area contributed by atoms with Crippen molar-refractivity contribution in [2.75, 3.05) is 0 Å². The average molecular weight is 711 g/mol. The molecule has 264 valence electrons. The normalized spacial score (nSPS) is 14.2. The van der Waals surface area contributed by atoms with Crippen molar-refractivity contribution in [3.05, 3.63) is 184 Å². The van der Waals surface area contributed by atoms with Gasteiger partial charge in [-0.2, -0.15) is 0 Å². The van der Waals surface area contributed by atoms with E-state index in [0.29, 0.717) is 12.2 Å². The Morgan fingerprint density at radius 2 is 1.26 bits per heavy atom. The fourth-order valence-electron chi connectivity index (χ4n) is 8.74. The Balaban J connectivity index is 1.43. The molecule has 1 N–H and O–H groups in total. The predicted octanol–water partition coefficient (Wildman–Crippen LogP) is 14.2. The van der Waals surface area contributed by atoms with E-state index in [4.69, 9.17) is 11.6 Å². The van der Waals surface area contributed by atoms with Crippen LogP contribution in [0.4, 0.5) is 0 Å². The van der Waals surface area contributed by atoms with Crippen molar-refractivity contribution >= 4 is 22.7 Å². The lowest BCUT2D eigenvalue weighted by atomic mass is 9.72. The molecule has 0 bridgehead atoms. The van der Waals surface area contributed by atoms with Crippen molar-refractivity contribution < 1.29 is 5.11 Å².